The Morgan fingerprint density at radius 3 is 2.00 bits per heavy atom. The van der Waals surface area contributed by atoms with Crippen molar-refractivity contribution in [2.75, 3.05) is 5.32 Å². The molecular weight excluding hydrogens is 324 g/mol. The van der Waals surface area contributed by atoms with Crippen LogP contribution in [0.5, 0.6) is 0 Å². The van der Waals surface area contributed by atoms with E-state index in [2.05, 4.69) is 10.6 Å². The number of nitro benzene ring substituents is 2. The first kappa shape index (κ1) is 18.8. The Balaban J connectivity index is 2.94. The largest absolute Gasteiger partial charge is 0.480 e. The number of hydrogen-bond donors (Lipinski definition) is 3. The number of nitro groups is 2. The lowest BCUT2D eigenvalue weighted by molar-refractivity contribution is -0.394. The molecule has 1 atom stereocenters. The lowest BCUT2D eigenvalue weighted by Crippen LogP contribution is -2.43. The molecule has 24 heavy (non-hydrogen) atoms. The molecule has 1 aromatic carbocycles. The first-order valence-corrected chi connectivity index (χ1v) is 6.84. The van der Waals surface area contributed by atoms with Crippen LogP contribution in [-0.2, 0) is 4.79 Å². The second-order valence-electron chi connectivity index (χ2n) is 5.37. The quantitative estimate of drug-likeness (QED) is 0.505. The van der Waals surface area contributed by atoms with Crippen molar-refractivity contribution in [1.82, 2.24) is 5.32 Å². The number of amides is 2. The van der Waals surface area contributed by atoms with Crippen LogP contribution in [0.3, 0.4) is 0 Å². The molecule has 0 unspecified atom stereocenters. The van der Waals surface area contributed by atoms with Crippen LogP contribution in [0.15, 0.2) is 18.2 Å². The van der Waals surface area contributed by atoms with Crippen molar-refractivity contribution in [3.8, 4) is 0 Å². The Kier molecular flexibility index (Phi) is 6.15. The molecule has 0 aliphatic carbocycles. The monoisotopic (exact) mass is 340 g/mol. The van der Waals surface area contributed by atoms with Crippen LogP contribution in [0, 0.1) is 26.1 Å². The number of nitrogens with zero attached hydrogens (tertiary/aromatic N) is 2. The zero-order valence-electron chi connectivity index (χ0n) is 12.9. The van der Waals surface area contributed by atoms with Gasteiger partial charge in [0.05, 0.1) is 21.6 Å². The minimum atomic E-state index is -1.23. The number of carbonyl (C=O) groups excluding carboxylic acids is 1. The molecule has 0 aliphatic heterocycles. The van der Waals surface area contributed by atoms with Crippen LogP contribution in [0.2, 0.25) is 0 Å². The SMILES string of the molecule is CC(C)C[C@H](NC(=O)Nc1cc([N+](=O)[O-])cc([N+](=O)[O-])c1)C(=O)O. The van der Waals surface area contributed by atoms with E-state index in [1.54, 1.807) is 13.8 Å². The summed E-state index contributed by atoms with van der Waals surface area (Å²) < 4.78 is 0. The first-order valence-electron chi connectivity index (χ1n) is 6.84. The molecule has 0 aromatic heterocycles. The summed E-state index contributed by atoms with van der Waals surface area (Å²) in [6.45, 7) is 3.55. The number of hydrogen-bond acceptors (Lipinski definition) is 6. The van der Waals surface area contributed by atoms with Crippen molar-refractivity contribution in [3.05, 3.63) is 38.4 Å². The molecule has 130 valence electrons. The number of aliphatic carboxylic acids is 1. The highest BCUT2D eigenvalue weighted by Gasteiger charge is 2.22. The molecule has 0 bridgehead atoms. The van der Waals surface area contributed by atoms with Gasteiger partial charge in [-0.3, -0.25) is 20.2 Å². The van der Waals surface area contributed by atoms with Gasteiger partial charge in [0.2, 0.25) is 0 Å². The number of carboxylic acids is 1. The first-order chi connectivity index (χ1) is 11.1. The Bertz CT molecular complexity index is 642. The van der Waals surface area contributed by atoms with Gasteiger partial charge in [-0.15, -0.1) is 0 Å². The fourth-order valence-electron chi connectivity index (χ4n) is 1.90. The number of non-ortho nitro benzene ring substituents is 2. The number of carboxylic acid groups (broad SMARTS) is 1. The van der Waals surface area contributed by atoms with Crippen molar-refractivity contribution >= 4 is 29.1 Å². The van der Waals surface area contributed by atoms with Gasteiger partial charge >= 0.3 is 12.0 Å². The van der Waals surface area contributed by atoms with Crippen LogP contribution < -0.4 is 10.6 Å². The summed E-state index contributed by atoms with van der Waals surface area (Å²) in [4.78, 5) is 42.8. The highest BCUT2D eigenvalue weighted by molar-refractivity contribution is 5.92. The Hall–Kier alpha value is -3.24. The minimum absolute atomic E-state index is 0.00491. The second-order valence-corrected chi connectivity index (χ2v) is 5.37. The lowest BCUT2D eigenvalue weighted by Gasteiger charge is -2.16. The van der Waals surface area contributed by atoms with Gasteiger partial charge in [0.1, 0.15) is 6.04 Å². The second kappa shape index (κ2) is 7.85. The van der Waals surface area contributed by atoms with Gasteiger partial charge in [-0.1, -0.05) is 13.8 Å². The van der Waals surface area contributed by atoms with Crippen molar-refractivity contribution in [2.24, 2.45) is 5.92 Å². The van der Waals surface area contributed by atoms with E-state index in [1.807, 2.05) is 0 Å². The van der Waals surface area contributed by atoms with E-state index in [9.17, 15) is 29.8 Å². The van der Waals surface area contributed by atoms with E-state index in [0.29, 0.717) is 0 Å². The summed E-state index contributed by atoms with van der Waals surface area (Å²) in [5, 5.41) is 35.0. The standard InChI is InChI=1S/C13H16N4O7/c1-7(2)3-11(12(18)19)15-13(20)14-8-4-9(16(21)22)6-10(5-8)17(23)24/h4-7,11H,3H2,1-2H3,(H,18,19)(H2,14,15,20)/t11-/m0/s1. The van der Waals surface area contributed by atoms with E-state index >= 15 is 0 Å². The van der Waals surface area contributed by atoms with Gasteiger partial charge in [0.25, 0.3) is 11.4 Å². The van der Waals surface area contributed by atoms with E-state index in [4.69, 9.17) is 5.11 Å². The third kappa shape index (κ3) is 5.51. The van der Waals surface area contributed by atoms with E-state index in [-0.39, 0.29) is 18.0 Å². The van der Waals surface area contributed by atoms with Crippen molar-refractivity contribution in [1.29, 1.82) is 0 Å². The van der Waals surface area contributed by atoms with Gasteiger partial charge in [0, 0.05) is 12.1 Å². The maximum atomic E-state index is 11.8. The fourth-order valence-corrected chi connectivity index (χ4v) is 1.90. The molecule has 11 nitrogen and oxygen atoms in total. The van der Waals surface area contributed by atoms with E-state index in [1.165, 1.54) is 0 Å². The topological polar surface area (TPSA) is 165 Å². The van der Waals surface area contributed by atoms with Crippen LogP contribution >= 0.6 is 0 Å². The molecule has 0 fully saturated rings. The molecule has 0 saturated carbocycles. The molecular formula is C13H16N4O7. The van der Waals surface area contributed by atoms with Crippen LogP contribution in [0.4, 0.5) is 21.9 Å². The molecule has 11 heteroatoms. The zero-order valence-corrected chi connectivity index (χ0v) is 12.9. The zero-order chi connectivity index (χ0) is 18.4. The number of nitrogens with one attached hydrogen (secondary N) is 2. The summed E-state index contributed by atoms with van der Waals surface area (Å²) in [5.41, 5.74) is -1.34. The minimum Gasteiger partial charge on any atom is -0.480 e. The Morgan fingerprint density at radius 1 is 1.12 bits per heavy atom. The Morgan fingerprint density at radius 2 is 1.62 bits per heavy atom. The van der Waals surface area contributed by atoms with Crippen LogP contribution in [-0.4, -0.2) is 33.0 Å². The predicted molar refractivity (Wildman–Crippen MR) is 82.8 cm³/mol. The number of carbonyl (C=O) groups is 2. The lowest BCUT2D eigenvalue weighted by atomic mass is 10.0. The Labute approximate surface area is 136 Å². The molecule has 3 N–H and O–H groups in total. The summed E-state index contributed by atoms with van der Waals surface area (Å²) in [5.74, 6) is -1.23. The molecule has 0 heterocycles. The number of urea groups is 1. The average molecular weight is 340 g/mol. The third-order valence-electron chi connectivity index (χ3n) is 2.89. The number of benzene rings is 1. The van der Waals surface area contributed by atoms with E-state index < -0.39 is 39.3 Å². The van der Waals surface area contributed by atoms with Crippen molar-refractivity contribution in [3.63, 3.8) is 0 Å². The van der Waals surface area contributed by atoms with E-state index in [0.717, 1.165) is 18.2 Å². The van der Waals surface area contributed by atoms with Gasteiger partial charge < -0.3 is 15.7 Å². The average Bonchev–Trinajstić information content (AvgIpc) is 2.45. The highest BCUT2D eigenvalue weighted by Crippen LogP contribution is 2.25. The van der Waals surface area contributed by atoms with Crippen molar-refractivity contribution < 1.29 is 24.5 Å². The smallest absolute Gasteiger partial charge is 0.326 e. The molecule has 2 amide bonds. The van der Waals surface area contributed by atoms with Gasteiger partial charge in [-0.2, -0.15) is 0 Å². The molecule has 1 aromatic rings. The molecule has 0 aliphatic rings. The summed E-state index contributed by atoms with van der Waals surface area (Å²) >= 11 is 0. The van der Waals surface area contributed by atoms with Crippen molar-refractivity contribution in [2.45, 2.75) is 26.3 Å². The fraction of sp³-hybridized carbons (Fsp3) is 0.385. The maximum absolute atomic E-state index is 11.8. The number of rotatable bonds is 7. The van der Waals surface area contributed by atoms with Crippen LogP contribution in [0.1, 0.15) is 20.3 Å². The maximum Gasteiger partial charge on any atom is 0.326 e. The number of anilines is 1. The molecule has 0 saturated heterocycles. The molecule has 0 radical (unpaired) electrons. The summed E-state index contributed by atoms with van der Waals surface area (Å²) in [6.07, 6.45) is 0.178. The molecule has 1 rings (SSSR count). The van der Waals surface area contributed by atoms with Gasteiger partial charge in [-0.05, 0) is 12.3 Å². The highest BCUT2D eigenvalue weighted by atomic mass is 16.6. The summed E-state index contributed by atoms with van der Waals surface area (Å²) in [6, 6.07) is 0.536. The van der Waals surface area contributed by atoms with Gasteiger partial charge in [0.15, 0.2) is 0 Å². The van der Waals surface area contributed by atoms with Crippen LogP contribution in [0.25, 0.3) is 0 Å². The third-order valence-corrected chi connectivity index (χ3v) is 2.89. The normalized spacial score (nSPS) is 11.6. The summed E-state index contributed by atoms with van der Waals surface area (Å²) in [7, 11) is 0. The predicted octanol–water partition coefficient (Wildman–Crippen LogP) is 2.12. The van der Waals surface area contributed by atoms with Gasteiger partial charge in [-0.25, -0.2) is 9.59 Å². The molecule has 0 spiro atoms.